The second-order valence-electron chi connectivity index (χ2n) is 4.58. The van der Waals surface area contributed by atoms with Gasteiger partial charge >= 0.3 is 0 Å². The van der Waals surface area contributed by atoms with E-state index in [0.29, 0.717) is 18.7 Å². The van der Waals surface area contributed by atoms with Crippen LogP contribution in [0.4, 0.5) is 0 Å². The predicted octanol–water partition coefficient (Wildman–Crippen LogP) is 0.400. The van der Waals surface area contributed by atoms with E-state index in [1.165, 1.54) is 0 Å². The van der Waals surface area contributed by atoms with E-state index in [4.69, 9.17) is 0 Å². The Morgan fingerprint density at radius 2 is 2.24 bits per heavy atom. The minimum atomic E-state index is -0.478. The van der Waals surface area contributed by atoms with Crippen LogP contribution in [0.1, 0.15) is 15.9 Å². The summed E-state index contributed by atoms with van der Waals surface area (Å²) >= 11 is 0. The number of rotatable bonds is 2. The molecule has 2 rings (SSSR count). The van der Waals surface area contributed by atoms with Crippen LogP contribution in [0.3, 0.4) is 0 Å². The second-order valence-corrected chi connectivity index (χ2v) is 4.58. The molecule has 1 heterocycles. The quantitative estimate of drug-likeness (QED) is 0.779. The fraction of sp³-hybridized carbons (Fsp3) is 0.462. The van der Waals surface area contributed by atoms with Crippen molar-refractivity contribution < 1.29 is 9.90 Å². The van der Waals surface area contributed by atoms with Gasteiger partial charge in [-0.2, -0.15) is 0 Å². The van der Waals surface area contributed by atoms with E-state index >= 15 is 0 Å². The lowest BCUT2D eigenvalue weighted by Crippen LogP contribution is -2.44. The zero-order valence-electron chi connectivity index (χ0n) is 10.2. The number of β-amino-alcohol motifs (C(OH)–C–C–N with tert-alkyl or cyclic N) is 1. The summed E-state index contributed by atoms with van der Waals surface area (Å²) < 4.78 is 0. The van der Waals surface area contributed by atoms with Gasteiger partial charge in [0.05, 0.1) is 12.1 Å². The van der Waals surface area contributed by atoms with Crippen LogP contribution >= 0.6 is 0 Å². The normalized spacial score (nSPS) is 23.7. The van der Waals surface area contributed by atoms with Crippen LogP contribution in [-0.4, -0.2) is 48.2 Å². The van der Waals surface area contributed by atoms with Crippen LogP contribution in [0, 0.1) is 6.92 Å². The maximum Gasteiger partial charge on any atom is 0.253 e. The molecule has 2 atom stereocenters. The summed E-state index contributed by atoms with van der Waals surface area (Å²) in [7, 11) is 1.74. The number of aliphatic hydroxyl groups is 1. The summed E-state index contributed by atoms with van der Waals surface area (Å²) in [4.78, 5) is 13.8. The van der Waals surface area contributed by atoms with Gasteiger partial charge in [-0.05, 0) is 19.1 Å². The van der Waals surface area contributed by atoms with Crippen LogP contribution in [0.25, 0.3) is 0 Å². The molecule has 1 aromatic carbocycles. The molecular weight excluding hydrogens is 216 g/mol. The Morgan fingerprint density at radius 3 is 2.82 bits per heavy atom. The number of nitrogens with zero attached hydrogens (tertiary/aromatic N) is 1. The number of hydrogen-bond acceptors (Lipinski definition) is 3. The Bertz CT molecular complexity index is 420. The SMILES string of the molecule is Cc1cccc(C(=O)N(C)[C@@H]2CNC[C@H]2O)c1. The van der Waals surface area contributed by atoms with E-state index in [9.17, 15) is 9.90 Å². The van der Waals surface area contributed by atoms with Gasteiger partial charge in [0.25, 0.3) is 5.91 Å². The van der Waals surface area contributed by atoms with Gasteiger partial charge < -0.3 is 15.3 Å². The third-order valence-electron chi connectivity index (χ3n) is 3.23. The van der Waals surface area contributed by atoms with Crippen molar-refractivity contribution in [3.8, 4) is 0 Å². The van der Waals surface area contributed by atoms with Gasteiger partial charge in [-0.1, -0.05) is 17.7 Å². The van der Waals surface area contributed by atoms with Gasteiger partial charge in [-0.15, -0.1) is 0 Å². The van der Waals surface area contributed by atoms with Crippen molar-refractivity contribution >= 4 is 5.91 Å². The maximum atomic E-state index is 12.2. The fourth-order valence-electron chi connectivity index (χ4n) is 2.18. The van der Waals surface area contributed by atoms with Crippen LogP contribution in [0.15, 0.2) is 24.3 Å². The van der Waals surface area contributed by atoms with Crippen molar-refractivity contribution in [2.24, 2.45) is 0 Å². The molecule has 0 unspecified atom stereocenters. The zero-order valence-corrected chi connectivity index (χ0v) is 10.2. The number of aliphatic hydroxyl groups excluding tert-OH is 1. The largest absolute Gasteiger partial charge is 0.390 e. The highest BCUT2D eigenvalue weighted by Gasteiger charge is 2.31. The Kier molecular flexibility index (Phi) is 3.45. The smallest absolute Gasteiger partial charge is 0.253 e. The summed E-state index contributed by atoms with van der Waals surface area (Å²) in [5, 5.41) is 12.8. The first-order chi connectivity index (χ1) is 8.09. The van der Waals surface area contributed by atoms with E-state index in [2.05, 4.69) is 5.32 Å². The molecule has 1 amide bonds. The number of hydrogen-bond donors (Lipinski definition) is 2. The second kappa shape index (κ2) is 4.85. The van der Waals surface area contributed by atoms with Gasteiger partial charge in [0.2, 0.25) is 0 Å². The van der Waals surface area contributed by atoms with Gasteiger partial charge in [-0.3, -0.25) is 4.79 Å². The number of carbonyl (C=O) groups is 1. The summed E-state index contributed by atoms with van der Waals surface area (Å²) in [5.74, 6) is -0.0403. The molecule has 1 fully saturated rings. The first-order valence-electron chi connectivity index (χ1n) is 5.82. The van der Waals surface area contributed by atoms with Crippen LogP contribution < -0.4 is 5.32 Å². The Hall–Kier alpha value is -1.39. The van der Waals surface area contributed by atoms with Crippen molar-refractivity contribution in [3.63, 3.8) is 0 Å². The monoisotopic (exact) mass is 234 g/mol. The first kappa shape index (κ1) is 12.1. The number of nitrogens with one attached hydrogen (secondary N) is 1. The molecule has 2 N–H and O–H groups in total. The average molecular weight is 234 g/mol. The van der Waals surface area contributed by atoms with Crippen molar-refractivity contribution in [2.75, 3.05) is 20.1 Å². The highest BCUT2D eigenvalue weighted by atomic mass is 16.3. The minimum absolute atomic E-state index is 0.0403. The first-order valence-corrected chi connectivity index (χ1v) is 5.82. The molecule has 0 saturated carbocycles. The summed E-state index contributed by atoms with van der Waals surface area (Å²) in [6.45, 7) is 3.16. The molecule has 4 heteroatoms. The van der Waals surface area contributed by atoms with E-state index < -0.39 is 6.10 Å². The molecule has 17 heavy (non-hydrogen) atoms. The van der Waals surface area contributed by atoms with Crippen molar-refractivity contribution in [1.29, 1.82) is 0 Å². The molecule has 1 aromatic rings. The lowest BCUT2D eigenvalue weighted by molar-refractivity contribution is 0.0581. The third-order valence-corrected chi connectivity index (χ3v) is 3.23. The molecule has 1 aliphatic rings. The molecule has 0 aliphatic carbocycles. The lowest BCUT2D eigenvalue weighted by Gasteiger charge is -2.26. The van der Waals surface area contributed by atoms with Gasteiger partial charge in [0, 0.05) is 25.7 Å². The number of aryl methyl sites for hydroxylation is 1. The molecule has 1 aliphatic heterocycles. The molecule has 0 aromatic heterocycles. The van der Waals surface area contributed by atoms with Gasteiger partial charge in [-0.25, -0.2) is 0 Å². The lowest BCUT2D eigenvalue weighted by atomic mass is 10.1. The Morgan fingerprint density at radius 1 is 1.47 bits per heavy atom. The molecule has 4 nitrogen and oxygen atoms in total. The molecule has 0 spiro atoms. The topological polar surface area (TPSA) is 52.6 Å². The van der Waals surface area contributed by atoms with E-state index in [-0.39, 0.29) is 11.9 Å². The van der Waals surface area contributed by atoms with Crippen LogP contribution in [0.2, 0.25) is 0 Å². The average Bonchev–Trinajstić information content (AvgIpc) is 2.73. The van der Waals surface area contributed by atoms with E-state index in [1.54, 1.807) is 18.0 Å². The standard InChI is InChI=1S/C13H18N2O2/c1-9-4-3-5-10(6-9)13(17)15(2)11-7-14-8-12(11)16/h3-6,11-12,14,16H,7-8H2,1-2H3/t11-,12-/m1/s1. The molecular formula is C13H18N2O2. The number of carbonyl (C=O) groups excluding carboxylic acids is 1. The van der Waals surface area contributed by atoms with Crippen LogP contribution in [0.5, 0.6) is 0 Å². The molecule has 1 saturated heterocycles. The summed E-state index contributed by atoms with van der Waals surface area (Å²) in [5.41, 5.74) is 1.74. The highest BCUT2D eigenvalue weighted by molar-refractivity contribution is 5.94. The fourth-order valence-corrected chi connectivity index (χ4v) is 2.18. The van der Waals surface area contributed by atoms with Crippen molar-refractivity contribution in [2.45, 2.75) is 19.1 Å². The van der Waals surface area contributed by atoms with Crippen molar-refractivity contribution in [1.82, 2.24) is 10.2 Å². The molecule has 0 bridgehead atoms. The number of benzene rings is 1. The molecule has 0 radical (unpaired) electrons. The van der Waals surface area contributed by atoms with E-state index in [0.717, 1.165) is 5.56 Å². The number of likely N-dealkylation sites (N-methyl/N-ethyl adjacent to an activating group) is 1. The summed E-state index contributed by atoms with van der Waals surface area (Å²) in [6, 6.07) is 7.37. The van der Waals surface area contributed by atoms with Crippen LogP contribution in [-0.2, 0) is 0 Å². The van der Waals surface area contributed by atoms with Crippen molar-refractivity contribution in [3.05, 3.63) is 35.4 Å². The maximum absolute atomic E-state index is 12.2. The van der Waals surface area contributed by atoms with Gasteiger partial charge in [0.1, 0.15) is 0 Å². The van der Waals surface area contributed by atoms with E-state index in [1.807, 2.05) is 25.1 Å². The highest BCUT2D eigenvalue weighted by Crippen LogP contribution is 2.13. The predicted molar refractivity (Wildman–Crippen MR) is 65.9 cm³/mol. The summed E-state index contributed by atoms with van der Waals surface area (Å²) in [6.07, 6.45) is -0.478. The Balaban J connectivity index is 2.14. The Labute approximate surface area is 101 Å². The third kappa shape index (κ3) is 2.48. The zero-order chi connectivity index (χ0) is 12.4. The van der Waals surface area contributed by atoms with Gasteiger partial charge in [0.15, 0.2) is 0 Å². The molecule has 92 valence electrons. The number of amides is 1. The minimum Gasteiger partial charge on any atom is -0.390 e.